The highest BCUT2D eigenvalue weighted by Crippen LogP contribution is 2.32. The van der Waals surface area contributed by atoms with Crippen LogP contribution in [0.1, 0.15) is 33.6 Å². The van der Waals surface area contributed by atoms with Crippen LogP contribution in [0.15, 0.2) is 0 Å². The molecule has 1 unspecified atom stereocenters. The molecule has 0 N–H and O–H groups in total. The number of ether oxygens (including phenoxy) is 1. The van der Waals surface area contributed by atoms with Crippen molar-refractivity contribution in [3.05, 3.63) is 0 Å². The van der Waals surface area contributed by atoms with Crippen molar-refractivity contribution in [1.82, 2.24) is 4.90 Å². The summed E-state index contributed by atoms with van der Waals surface area (Å²) in [4.78, 5) is 25.4. The Labute approximate surface area is 89.6 Å². The average molecular weight is 211 g/mol. The van der Waals surface area contributed by atoms with E-state index in [1.807, 2.05) is 20.8 Å². The van der Waals surface area contributed by atoms with Gasteiger partial charge in [0.2, 0.25) is 0 Å². The van der Waals surface area contributed by atoms with E-state index < -0.39 is 6.10 Å². The van der Waals surface area contributed by atoms with E-state index in [0.29, 0.717) is 6.54 Å². The van der Waals surface area contributed by atoms with E-state index in [9.17, 15) is 9.59 Å². The van der Waals surface area contributed by atoms with Crippen LogP contribution in [0, 0.1) is 5.41 Å². The Hall–Kier alpha value is -1.06. The van der Waals surface area contributed by atoms with Crippen molar-refractivity contribution in [2.24, 2.45) is 5.41 Å². The predicted molar refractivity (Wildman–Crippen MR) is 54.1 cm³/mol. The minimum atomic E-state index is -0.612. The fourth-order valence-electron chi connectivity index (χ4n) is 2.22. The number of cyclic esters (lactones) is 1. The monoisotopic (exact) mass is 211 g/mol. The molecule has 84 valence electrons. The molecule has 2 heterocycles. The summed E-state index contributed by atoms with van der Waals surface area (Å²) in [5, 5.41) is 0. The molecular weight excluding hydrogens is 194 g/mol. The maximum Gasteiger partial charge on any atom is 0.329 e. The summed E-state index contributed by atoms with van der Waals surface area (Å²) in [7, 11) is 0. The van der Waals surface area contributed by atoms with Crippen molar-refractivity contribution in [1.29, 1.82) is 0 Å². The molecule has 2 fully saturated rings. The van der Waals surface area contributed by atoms with E-state index in [4.69, 9.17) is 4.74 Å². The van der Waals surface area contributed by atoms with Gasteiger partial charge in [-0.05, 0) is 12.8 Å². The summed E-state index contributed by atoms with van der Waals surface area (Å²) in [5.74, 6) is -0.253. The number of amides is 1. The van der Waals surface area contributed by atoms with E-state index in [0.717, 1.165) is 12.8 Å². The van der Waals surface area contributed by atoms with Crippen LogP contribution in [0.4, 0.5) is 0 Å². The second-order valence-corrected chi connectivity index (χ2v) is 5.37. The van der Waals surface area contributed by atoms with Gasteiger partial charge in [-0.25, -0.2) is 4.79 Å². The van der Waals surface area contributed by atoms with E-state index in [2.05, 4.69) is 0 Å². The topological polar surface area (TPSA) is 46.6 Å². The Morgan fingerprint density at radius 2 is 2.00 bits per heavy atom. The molecule has 2 atom stereocenters. The quantitative estimate of drug-likeness (QED) is 0.560. The van der Waals surface area contributed by atoms with Gasteiger partial charge in [0.15, 0.2) is 6.10 Å². The number of fused-ring (bicyclic) bond motifs is 1. The second kappa shape index (κ2) is 3.22. The lowest BCUT2D eigenvalue weighted by molar-refractivity contribution is -0.183. The molecule has 2 saturated heterocycles. The van der Waals surface area contributed by atoms with Crippen LogP contribution in [0.5, 0.6) is 0 Å². The van der Waals surface area contributed by atoms with Gasteiger partial charge in [-0.15, -0.1) is 0 Å². The van der Waals surface area contributed by atoms with Crippen molar-refractivity contribution in [3.8, 4) is 0 Å². The Kier molecular flexibility index (Phi) is 2.24. The zero-order chi connectivity index (χ0) is 11.2. The highest BCUT2D eigenvalue weighted by Gasteiger charge is 2.48. The maximum absolute atomic E-state index is 12.0. The SMILES string of the molecule is CC(C)(C)C1OC(=O)[C@@H]2CCCN2C1=O. The first-order valence-corrected chi connectivity index (χ1v) is 5.42. The van der Waals surface area contributed by atoms with Crippen molar-refractivity contribution >= 4 is 11.9 Å². The Morgan fingerprint density at radius 3 is 2.60 bits per heavy atom. The van der Waals surface area contributed by atoms with Crippen molar-refractivity contribution in [3.63, 3.8) is 0 Å². The molecule has 4 nitrogen and oxygen atoms in total. The number of nitrogens with zero attached hydrogens (tertiary/aromatic N) is 1. The molecule has 0 aromatic rings. The van der Waals surface area contributed by atoms with Gasteiger partial charge in [-0.3, -0.25) is 4.79 Å². The molecule has 0 bridgehead atoms. The molecule has 1 amide bonds. The molecule has 4 heteroatoms. The number of carbonyl (C=O) groups excluding carboxylic acids is 2. The van der Waals surface area contributed by atoms with Crippen LogP contribution in [-0.4, -0.2) is 35.5 Å². The van der Waals surface area contributed by atoms with E-state index in [-0.39, 0.29) is 23.3 Å². The smallest absolute Gasteiger partial charge is 0.329 e. The van der Waals surface area contributed by atoms with Crippen LogP contribution in [0.3, 0.4) is 0 Å². The lowest BCUT2D eigenvalue weighted by atomic mass is 9.87. The van der Waals surface area contributed by atoms with Crippen molar-refractivity contribution in [2.75, 3.05) is 6.54 Å². The largest absolute Gasteiger partial charge is 0.450 e. The molecule has 2 aliphatic heterocycles. The summed E-state index contributed by atoms with van der Waals surface area (Å²) in [5.41, 5.74) is -0.319. The number of hydrogen-bond acceptors (Lipinski definition) is 3. The number of hydrogen-bond donors (Lipinski definition) is 0. The van der Waals surface area contributed by atoms with Crippen LogP contribution < -0.4 is 0 Å². The lowest BCUT2D eigenvalue weighted by Crippen LogP contribution is -2.57. The first kappa shape index (κ1) is 10.5. The van der Waals surface area contributed by atoms with Gasteiger partial charge in [0.05, 0.1) is 0 Å². The van der Waals surface area contributed by atoms with E-state index in [1.54, 1.807) is 4.90 Å². The molecule has 2 rings (SSSR count). The van der Waals surface area contributed by atoms with Crippen LogP contribution in [-0.2, 0) is 14.3 Å². The summed E-state index contributed by atoms with van der Waals surface area (Å²) in [6, 6.07) is -0.309. The summed E-state index contributed by atoms with van der Waals surface area (Å²) >= 11 is 0. The standard InChI is InChI=1S/C11H17NO3/c1-11(2,3)8-9(13)12-6-4-5-7(12)10(14)15-8/h7-8H,4-6H2,1-3H3/t7-,8?/m0/s1. The highest BCUT2D eigenvalue weighted by atomic mass is 16.6. The number of esters is 1. The Balaban J connectivity index is 2.25. The summed E-state index contributed by atoms with van der Waals surface area (Å²) in [6.45, 7) is 6.45. The van der Waals surface area contributed by atoms with Gasteiger partial charge in [0.25, 0.3) is 5.91 Å². The van der Waals surface area contributed by atoms with E-state index >= 15 is 0 Å². The zero-order valence-corrected chi connectivity index (χ0v) is 9.45. The van der Waals surface area contributed by atoms with Crippen LogP contribution in [0.2, 0.25) is 0 Å². The van der Waals surface area contributed by atoms with Crippen LogP contribution in [0.25, 0.3) is 0 Å². The lowest BCUT2D eigenvalue weighted by Gasteiger charge is -2.39. The minimum Gasteiger partial charge on any atom is -0.450 e. The summed E-state index contributed by atoms with van der Waals surface area (Å²) in [6.07, 6.45) is 1.04. The zero-order valence-electron chi connectivity index (χ0n) is 9.45. The minimum absolute atomic E-state index is 0.0235. The maximum atomic E-state index is 12.0. The normalized spacial score (nSPS) is 31.5. The third-order valence-electron chi connectivity index (χ3n) is 3.05. The van der Waals surface area contributed by atoms with Gasteiger partial charge < -0.3 is 9.64 Å². The molecule has 0 spiro atoms. The van der Waals surface area contributed by atoms with Gasteiger partial charge >= 0.3 is 5.97 Å². The second-order valence-electron chi connectivity index (χ2n) is 5.37. The summed E-state index contributed by atoms with van der Waals surface area (Å²) < 4.78 is 5.25. The van der Waals surface area contributed by atoms with Gasteiger partial charge in [-0.2, -0.15) is 0 Å². The Bertz CT molecular complexity index is 305. The number of rotatable bonds is 0. The van der Waals surface area contributed by atoms with Gasteiger partial charge in [0, 0.05) is 12.0 Å². The molecule has 0 aliphatic carbocycles. The van der Waals surface area contributed by atoms with Crippen molar-refractivity contribution < 1.29 is 14.3 Å². The molecule has 0 saturated carbocycles. The number of morpholine rings is 1. The molecule has 2 aliphatic rings. The average Bonchev–Trinajstić information content (AvgIpc) is 2.58. The fraction of sp³-hybridized carbons (Fsp3) is 0.818. The van der Waals surface area contributed by atoms with E-state index in [1.165, 1.54) is 0 Å². The van der Waals surface area contributed by atoms with Gasteiger partial charge in [-0.1, -0.05) is 20.8 Å². The first-order valence-electron chi connectivity index (χ1n) is 5.42. The fourth-order valence-corrected chi connectivity index (χ4v) is 2.22. The van der Waals surface area contributed by atoms with Gasteiger partial charge in [0.1, 0.15) is 6.04 Å². The third-order valence-corrected chi connectivity index (χ3v) is 3.05. The third kappa shape index (κ3) is 1.62. The Morgan fingerprint density at radius 1 is 1.33 bits per heavy atom. The van der Waals surface area contributed by atoms with Crippen molar-refractivity contribution in [2.45, 2.75) is 45.8 Å². The highest BCUT2D eigenvalue weighted by molar-refractivity contribution is 5.93. The predicted octanol–water partition coefficient (Wildman–Crippen LogP) is 0.949. The molecule has 15 heavy (non-hydrogen) atoms. The number of carbonyl (C=O) groups is 2. The first-order chi connectivity index (χ1) is 6.91. The molecular formula is C11H17NO3. The molecule has 0 radical (unpaired) electrons. The van der Waals surface area contributed by atoms with Crippen LogP contribution >= 0.6 is 0 Å². The molecule has 0 aromatic carbocycles. The molecule has 0 aromatic heterocycles.